The van der Waals surface area contributed by atoms with Gasteiger partial charge in [-0.1, -0.05) is 11.6 Å². The molecule has 0 unspecified atom stereocenters. The third-order valence-electron chi connectivity index (χ3n) is 0.577. The molecule has 1 heteroatoms. The fourth-order valence-electron chi connectivity index (χ4n) is 0. The van der Waals surface area contributed by atoms with Crippen molar-refractivity contribution in [3.8, 4) is 0 Å². The molecular weight excluding hydrogens is 267 g/mol. The Kier molecular flexibility index (Phi) is 9.27. The average Bonchev–Trinajstić information content (AvgIpc) is 1.38. The van der Waals surface area contributed by atoms with Crippen molar-refractivity contribution in [3.05, 3.63) is 11.6 Å². The molecule has 0 N–H and O–H groups in total. The van der Waals surface area contributed by atoms with Gasteiger partial charge < -0.3 is 0 Å². The topological polar surface area (TPSA) is 0 Å². The van der Waals surface area contributed by atoms with E-state index in [2.05, 4.69) is 19.9 Å². The van der Waals surface area contributed by atoms with E-state index in [1.165, 1.54) is 5.57 Å². The van der Waals surface area contributed by atoms with Gasteiger partial charge in [0.2, 0.25) is 0 Å². The SMILES string of the molecule is CC=C(C)C.[PbH2]. The molecule has 0 aliphatic rings. The van der Waals surface area contributed by atoms with Gasteiger partial charge in [-0.2, -0.15) is 0 Å². The van der Waals surface area contributed by atoms with E-state index >= 15 is 0 Å². The van der Waals surface area contributed by atoms with E-state index < -0.39 is 0 Å². The Morgan fingerprint density at radius 2 is 1.50 bits per heavy atom. The van der Waals surface area contributed by atoms with E-state index in [0.717, 1.165) is 0 Å². The summed E-state index contributed by atoms with van der Waals surface area (Å²) in [5.74, 6) is 0. The van der Waals surface area contributed by atoms with Crippen molar-refractivity contribution in [2.75, 3.05) is 0 Å². The molecule has 0 atom stereocenters. The van der Waals surface area contributed by atoms with E-state index in [4.69, 9.17) is 0 Å². The molecule has 0 saturated carbocycles. The molecule has 0 aromatic rings. The molecule has 0 nitrogen and oxygen atoms in total. The zero-order chi connectivity index (χ0) is 4.28. The molecule has 0 aromatic heterocycles. The van der Waals surface area contributed by atoms with Crippen LogP contribution in [0.2, 0.25) is 0 Å². The summed E-state index contributed by atoms with van der Waals surface area (Å²) in [6.07, 6.45) is 2.08. The van der Waals surface area contributed by atoms with Gasteiger partial charge >= 0.3 is 27.3 Å². The Hall–Kier alpha value is 0.662. The maximum absolute atomic E-state index is 2.08. The molecule has 2 radical (unpaired) electrons. The van der Waals surface area contributed by atoms with Crippen LogP contribution in [0.15, 0.2) is 11.6 Å². The zero-order valence-electron chi connectivity index (χ0n) is 4.78. The summed E-state index contributed by atoms with van der Waals surface area (Å²) in [6, 6.07) is 0. The van der Waals surface area contributed by atoms with Crippen LogP contribution in [-0.4, -0.2) is 27.3 Å². The van der Waals surface area contributed by atoms with Crippen molar-refractivity contribution in [3.63, 3.8) is 0 Å². The van der Waals surface area contributed by atoms with Crippen molar-refractivity contribution < 1.29 is 0 Å². The first-order valence-electron chi connectivity index (χ1n) is 1.87. The monoisotopic (exact) mass is 280 g/mol. The molecule has 36 valence electrons. The van der Waals surface area contributed by atoms with Gasteiger partial charge in [-0.05, 0) is 20.8 Å². The molecule has 0 aliphatic heterocycles. The summed E-state index contributed by atoms with van der Waals surface area (Å²) in [5, 5.41) is 0. The van der Waals surface area contributed by atoms with Gasteiger partial charge in [0.15, 0.2) is 0 Å². The Labute approximate surface area is 59.8 Å². The predicted octanol–water partition coefficient (Wildman–Crippen LogP) is 1.06. The Bertz CT molecular complexity index is 41.9. The number of hydrogen-bond acceptors (Lipinski definition) is 0. The van der Waals surface area contributed by atoms with Gasteiger partial charge in [-0.3, -0.25) is 0 Å². The number of allylic oxidation sites excluding steroid dienone is 2. The van der Waals surface area contributed by atoms with Crippen LogP contribution in [-0.2, 0) is 0 Å². The minimum atomic E-state index is 0. The molecule has 6 heavy (non-hydrogen) atoms. The second-order valence-corrected chi connectivity index (χ2v) is 1.37. The van der Waals surface area contributed by atoms with E-state index in [1.807, 2.05) is 6.92 Å². The summed E-state index contributed by atoms with van der Waals surface area (Å²) >= 11 is 0. The van der Waals surface area contributed by atoms with E-state index in [-0.39, 0.29) is 27.3 Å². The zero-order valence-corrected chi connectivity index (χ0v) is 10.3. The van der Waals surface area contributed by atoms with Crippen LogP contribution in [0.3, 0.4) is 0 Å². The van der Waals surface area contributed by atoms with Gasteiger partial charge in [0.05, 0.1) is 0 Å². The molecule has 0 saturated heterocycles. The maximum atomic E-state index is 2.08. The molecule has 0 spiro atoms. The van der Waals surface area contributed by atoms with E-state index in [1.54, 1.807) is 0 Å². The van der Waals surface area contributed by atoms with Crippen molar-refractivity contribution in [1.82, 2.24) is 0 Å². The van der Waals surface area contributed by atoms with Crippen molar-refractivity contribution in [2.24, 2.45) is 0 Å². The Morgan fingerprint density at radius 3 is 1.50 bits per heavy atom. The summed E-state index contributed by atoms with van der Waals surface area (Å²) in [7, 11) is 0. The van der Waals surface area contributed by atoms with Crippen LogP contribution in [0.25, 0.3) is 0 Å². The first-order valence-corrected chi connectivity index (χ1v) is 1.87. The van der Waals surface area contributed by atoms with Crippen LogP contribution in [0, 0.1) is 0 Å². The van der Waals surface area contributed by atoms with Crippen LogP contribution >= 0.6 is 0 Å². The average molecular weight is 279 g/mol. The molecule has 0 rings (SSSR count). The molecule has 0 heterocycles. The molecule has 0 amide bonds. The molecule has 0 bridgehead atoms. The predicted molar refractivity (Wildman–Crippen MR) is 33.6 cm³/mol. The Balaban J connectivity index is 0. The summed E-state index contributed by atoms with van der Waals surface area (Å²) in [5.41, 5.74) is 1.38. The number of rotatable bonds is 0. The summed E-state index contributed by atoms with van der Waals surface area (Å²) in [4.78, 5) is 0. The minimum absolute atomic E-state index is 0. The van der Waals surface area contributed by atoms with Crippen LogP contribution in [0.4, 0.5) is 0 Å². The van der Waals surface area contributed by atoms with Crippen LogP contribution in [0.1, 0.15) is 20.8 Å². The van der Waals surface area contributed by atoms with Gasteiger partial charge in [0.1, 0.15) is 0 Å². The molecule has 0 aliphatic carbocycles. The quantitative estimate of drug-likeness (QED) is 0.459. The summed E-state index contributed by atoms with van der Waals surface area (Å²) in [6.45, 7) is 6.20. The molecule has 0 fully saturated rings. The van der Waals surface area contributed by atoms with Crippen molar-refractivity contribution in [2.45, 2.75) is 20.8 Å². The van der Waals surface area contributed by atoms with E-state index in [0.29, 0.717) is 0 Å². The normalized spacial score (nSPS) is 5.83. The molecular formula is C5H12Pb. The second-order valence-electron chi connectivity index (χ2n) is 1.37. The van der Waals surface area contributed by atoms with E-state index in [9.17, 15) is 0 Å². The standard InChI is InChI=1S/C5H10.Pb.2H/c1-4-5(2)3;;;/h4H,1-3H3;;;. The number of hydrogen-bond donors (Lipinski definition) is 0. The van der Waals surface area contributed by atoms with Crippen molar-refractivity contribution >= 4 is 27.3 Å². The third kappa shape index (κ3) is 8.82. The first kappa shape index (κ1) is 9.83. The fourth-order valence-corrected chi connectivity index (χ4v) is 0. The van der Waals surface area contributed by atoms with Gasteiger partial charge in [-0.25, -0.2) is 0 Å². The van der Waals surface area contributed by atoms with Gasteiger partial charge in [0.25, 0.3) is 0 Å². The fraction of sp³-hybridized carbons (Fsp3) is 0.600. The van der Waals surface area contributed by atoms with Crippen LogP contribution < -0.4 is 0 Å². The molecule has 0 aromatic carbocycles. The third-order valence-corrected chi connectivity index (χ3v) is 0.577. The van der Waals surface area contributed by atoms with Gasteiger partial charge in [-0.15, -0.1) is 0 Å². The first-order chi connectivity index (χ1) is 2.27. The second kappa shape index (κ2) is 5.66. The van der Waals surface area contributed by atoms with Gasteiger partial charge in [0, 0.05) is 0 Å². The summed E-state index contributed by atoms with van der Waals surface area (Å²) < 4.78 is 0. The Morgan fingerprint density at radius 1 is 1.33 bits per heavy atom. The van der Waals surface area contributed by atoms with Crippen LogP contribution in [0.5, 0.6) is 0 Å². The van der Waals surface area contributed by atoms with Crippen molar-refractivity contribution in [1.29, 1.82) is 0 Å².